The topological polar surface area (TPSA) is 26.6 Å². The monoisotopic (exact) mass is 409 g/mol. The highest BCUT2D eigenvalue weighted by atomic mass is 15.4. The molecule has 0 fully saturated rings. The highest BCUT2D eigenvalue weighted by Crippen LogP contribution is 2.55. The van der Waals surface area contributed by atoms with E-state index in [-0.39, 0.29) is 10.8 Å². The summed E-state index contributed by atoms with van der Waals surface area (Å²) in [5.74, 6) is 1.14. The molecule has 2 aliphatic heterocycles. The van der Waals surface area contributed by atoms with Gasteiger partial charge in [-0.2, -0.15) is 0 Å². The van der Waals surface area contributed by atoms with Gasteiger partial charge in [-0.3, -0.25) is 0 Å². The van der Waals surface area contributed by atoms with Crippen LogP contribution < -0.4 is 4.68 Å². The predicted octanol–water partition coefficient (Wildman–Crippen LogP) is 4.94. The van der Waals surface area contributed by atoms with Gasteiger partial charge in [0.15, 0.2) is 7.05 Å². The Morgan fingerprint density at radius 2 is 1.77 bits per heavy atom. The van der Waals surface area contributed by atoms with E-state index in [1.165, 1.54) is 44.9 Å². The molecule has 0 radical (unpaired) electrons. The summed E-state index contributed by atoms with van der Waals surface area (Å²) >= 11 is 0. The van der Waals surface area contributed by atoms with Gasteiger partial charge >= 0.3 is 0 Å². The molecule has 4 nitrogen and oxygen atoms in total. The standard InChI is InChI=1S/C27H29N4/c1-17-14-21-19(15-22-28-12-13-30(21)22)23-24(17)31-25(27(4,5)26(23,2)3)20(16-29(31)6)18-10-8-7-9-11-18/h7-14,16H,15H2,1-6H3/q+1. The lowest BCUT2D eigenvalue weighted by atomic mass is 9.58. The molecule has 6 rings (SSSR count). The van der Waals surface area contributed by atoms with Gasteiger partial charge in [0.25, 0.3) is 0 Å². The Balaban J connectivity index is 1.74. The first-order valence-electron chi connectivity index (χ1n) is 11.1. The van der Waals surface area contributed by atoms with E-state index < -0.39 is 0 Å². The molecule has 0 bridgehead atoms. The van der Waals surface area contributed by atoms with Crippen LogP contribution in [0.25, 0.3) is 22.5 Å². The lowest BCUT2D eigenvalue weighted by Gasteiger charge is -2.47. The fourth-order valence-electron chi connectivity index (χ4n) is 5.90. The molecule has 0 aliphatic carbocycles. The maximum Gasteiger partial charge on any atom is 0.203 e. The van der Waals surface area contributed by atoms with Gasteiger partial charge in [-0.1, -0.05) is 58.0 Å². The van der Waals surface area contributed by atoms with Crippen molar-refractivity contribution in [3.63, 3.8) is 0 Å². The Bertz CT molecular complexity index is 1370. The number of benzene rings is 2. The Hall–Kier alpha value is -3.14. The average Bonchev–Trinajstić information content (AvgIpc) is 3.40. The summed E-state index contributed by atoms with van der Waals surface area (Å²) in [6.45, 7) is 11.9. The van der Waals surface area contributed by atoms with Crippen molar-refractivity contribution in [2.45, 2.75) is 51.9 Å². The summed E-state index contributed by atoms with van der Waals surface area (Å²) in [5.41, 5.74) is 10.7. The molecule has 2 aromatic heterocycles. The van der Waals surface area contributed by atoms with Crippen molar-refractivity contribution in [2.24, 2.45) is 7.05 Å². The molecule has 0 N–H and O–H groups in total. The van der Waals surface area contributed by atoms with Crippen LogP contribution in [0.15, 0.2) is 55.0 Å². The Kier molecular flexibility index (Phi) is 3.46. The molecule has 2 aromatic carbocycles. The zero-order chi connectivity index (χ0) is 21.7. The summed E-state index contributed by atoms with van der Waals surface area (Å²) in [7, 11) is 2.17. The first-order valence-corrected chi connectivity index (χ1v) is 11.1. The Morgan fingerprint density at radius 3 is 2.52 bits per heavy atom. The first-order chi connectivity index (χ1) is 14.7. The van der Waals surface area contributed by atoms with Crippen LogP contribution in [0.2, 0.25) is 0 Å². The fraction of sp³-hybridized carbons (Fsp3) is 0.333. The molecule has 0 unspecified atom stereocenters. The SMILES string of the molecule is Cc1cc2c(c3c1-n1c(c(-c4ccccc4)c[n+]1C)C(C)(C)C3(C)C)Cc1nccn1-2. The highest BCUT2D eigenvalue weighted by Gasteiger charge is 2.53. The third-order valence-electron chi connectivity index (χ3n) is 8.06. The van der Waals surface area contributed by atoms with E-state index in [4.69, 9.17) is 0 Å². The molecular formula is C27H29N4+. The van der Waals surface area contributed by atoms with E-state index in [1.54, 1.807) is 0 Å². The van der Waals surface area contributed by atoms with Crippen molar-refractivity contribution < 1.29 is 4.68 Å². The number of aromatic nitrogens is 4. The van der Waals surface area contributed by atoms with Crippen molar-refractivity contribution >= 4 is 0 Å². The number of rotatable bonds is 1. The van der Waals surface area contributed by atoms with Gasteiger partial charge in [-0.15, -0.1) is 9.36 Å². The average molecular weight is 410 g/mol. The van der Waals surface area contributed by atoms with E-state index in [2.05, 4.69) is 109 Å². The molecule has 4 heterocycles. The summed E-state index contributed by atoms with van der Waals surface area (Å²) in [5, 5.41) is 0. The lowest BCUT2D eigenvalue weighted by molar-refractivity contribution is -0.745. The third-order valence-corrected chi connectivity index (χ3v) is 8.06. The van der Waals surface area contributed by atoms with Crippen LogP contribution >= 0.6 is 0 Å². The molecule has 0 atom stereocenters. The number of aryl methyl sites for hydroxylation is 2. The summed E-state index contributed by atoms with van der Waals surface area (Å²) in [4.78, 5) is 4.63. The van der Waals surface area contributed by atoms with Gasteiger partial charge in [0.05, 0.1) is 11.3 Å². The second-order valence-electron chi connectivity index (χ2n) is 10.2. The fourth-order valence-corrected chi connectivity index (χ4v) is 5.90. The van der Waals surface area contributed by atoms with Crippen LogP contribution in [0.1, 0.15) is 55.9 Å². The number of hydrogen-bond donors (Lipinski definition) is 0. The van der Waals surface area contributed by atoms with Crippen LogP contribution in [0.4, 0.5) is 0 Å². The maximum absolute atomic E-state index is 4.63. The minimum atomic E-state index is -0.0708. The smallest absolute Gasteiger partial charge is 0.203 e. The summed E-state index contributed by atoms with van der Waals surface area (Å²) < 4.78 is 7.02. The van der Waals surface area contributed by atoms with Gasteiger partial charge in [0.1, 0.15) is 17.2 Å². The summed E-state index contributed by atoms with van der Waals surface area (Å²) in [6, 6.07) is 13.2. The van der Waals surface area contributed by atoms with E-state index in [0.29, 0.717) is 0 Å². The molecule has 31 heavy (non-hydrogen) atoms. The van der Waals surface area contributed by atoms with Crippen molar-refractivity contribution in [1.29, 1.82) is 0 Å². The lowest BCUT2D eigenvalue weighted by Crippen LogP contribution is -2.51. The molecule has 156 valence electrons. The van der Waals surface area contributed by atoms with Crippen LogP contribution in [-0.4, -0.2) is 14.2 Å². The van der Waals surface area contributed by atoms with Gasteiger partial charge < -0.3 is 4.57 Å². The minimum absolute atomic E-state index is 0.0483. The van der Waals surface area contributed by atoms with Gasteiger partial charge in [0, 0.05) is 29.6 Å². The molecule has 0 amide bonds. The van der Waals surface area contributed by atoms with E-state index in [0.717, 1.165) is 12.2 Å². The zero-order valence-corrected chi connectivity index (χ0v) is 19.2. The third kappa shape index (κ3) is 2.15. The molecular weight excluding hydrogens is 380 g/mol. The van der Waals surface area contributed by atoms with Gasteiger partial charge in [0.2, 0.25) is 6.20 Å². The van der Waals surface area contributed by atoms with Crippen LogP contribution in [-0.2, 0) is 24.3 Å². The maximum atomic E-state index is 4.63. The molecule has 2 aliphatic rings. The number of hydrogen-bond acceptors (Lipinski definition) is 1. The molecule has 0 saturated carbocycles. The molecule has 4 aromatic rings. The Labute approximate surface area is 183 Å². The molecule has 0 saturated heterocycles. The second-order valence-corrected chi connectivity index (χ2v) is 10.2. The zero-order valence-electron chi connectivity index (χ0n) is 19.2. The van der Waals surface area contributed by atoms with Crippen molar-refractivity contribution in [3.8, 4) is 22.5 Å². The normalized spacial score (nSPS) is 17.1. The largest absolute Gasteiger partial charge is 0.303 e. The van der Waals surface area contributed by atoms with Crippen molar-refractivity contribution in [2.75, 3.05) is 0 Å². The molecule has 0 spiro atoms. The molecule has 4 heteroatoms. The van der Waals surface area contributed by atoms with Crippen LogP contribution in [0.3, 0.4) is 0 Å². The van der Waals surface area contributed by atoms with Gasteiger partial charge in [-0.05, 0) is 35.2 Å². The Morgan fingerprint density at radius 1 is 1.03 bits per heavy atom. The second kappa shape index (κ2) is 5.76. The quantitative estimate of drug-likeness (QED) is 0.360. The van der Waals surface area contributed by atoms with Gasteiger partial charge in [-0.25, -0.2) is 4.98 Å². The minimum Gasteiger partial charge on any atom is -0.303 e. The summed E-state index contributed by atoms with van der Waals surface area (Å²) in [6.07, 6.45) is 7.21. The van der Waals surface area contributed by atoms with Crippen molar-refractivity contribution in [1.82, 2.24) is 14.2 Å². The highest BCUT2D eigenvalue weighted by molar-refractivity contribution is 5.73. The van der Waals surface area contributed by atoms with Crippen molar-refractivity contribution in [3.05, 3.63) is 83.2 Å². The number of imidazole rings is 1. The predicted molar refractivity (Wildman–Crippen MR) is 123 cm³/mol. The van der Waals surface area contributed by atoms with Crippen LogP contribution in [0.5, 0.6) is 0 Å². The van der Waals surface area contributed by atoms with E-state index >= 15 is 0 Å². The number of nitrogens with zero attached hydrogens (tertiary/aromatic N) is 4. The number of fused-ring (bicyclic) bond motifs is 7. The van der Waals surface area contributed by atoms with Crippen LogP contribution in [0, 0.1) is 6.92 Å². The van der Waals surface area contributed by atoms with E-state index in [1.807, 2.05) is 6.20 Å². The van der Waals surface area contributed by atoms with E-state index in [9.17, 15) is 0 Å². The first kappa shape index (κ1) is 18.6.